The van der Waals surface area contributed by atoms with Gasteiger partial charge in [-0.2, -0.15) is 13.2 Å². The highest BCUT2D eigenvalue weighted by atomic mass is 79.9. The van der Waals surface area contributed by atoms with E-state index in [-0.39, 0.29) is 0 Å². The van der Waals surface area contributed by atoms with E-state index < -0.39 is 11.7 Å². The summed E-state index contributed by atoms with van der Waals surface area (Å²) in [4.78, 5) is 1.07. The highest BCUT2D eigenvalue weighted by Gasteiger charge is 2.30. The largest absolute Gasteiger partial charge is 0.416 e. The maximum Gasteiger partial charge on any atom is 0.416 e. The van der Waals surface area contributed by atoms with Crippen LogP contribution >= 0.6 is 27.3 Å². The van der Waals surface area contributed by atoms with E-state index >= 15 is 0 Å². The Labute approximate surface area is 115 Å². The van der Waals surface area contributed by atoms with Crippen LogP contribution < -0.4 is 5.32 Å². The maximum atomic E-state index is 12.6. The normalized spacial score (nSPS) is 11.6. The van der Waals surface area contributed by atoms with Crippen molar-refractivity contribution in [1.29, 1.82) is 0 Å². The zero-order valence-electron chi connectivity index (χ0n) is 9.09. The minimum Gasteiger partial charge on any atom is -0.379 e. The van der Waals surface area contributed by atoms with Gasteiger partial charge in [-0.15, -0.1) is 11.3 Å². The van der Waals surface area contributed by atoms with E-state index in [0.29, 0.717) is 16.7 Å². The van der Waals surface area contributed by atoms with Gasteiger partial charge in [-0.05, 0) is 45.6 Å². The van der Waals surface area contributed by atoms with Gasteiger partial charge in [0.25, 0.3) is 0 Å². The third kappa shape index (κ3) is 3.26. The molecule has 1 nitrogen and oxygen atoms in total. The molecule has 0 aliphatic heterocycles. The summed E-state index contributed by atoms with van der Waals surface area (Å²) in [6.45, 7) is 0.511. The Morgan fingerprint density at radius 3 is 2.61 bits per heavy atom. The van der Waals surface area contributed by atoms with E-state index in [4.69, 9.17) is 0 Å². The highest BCUT2D eigenvalue weighted by molar-refractivity contribution is 9.10. The van der Waals surface area contributed by atoms with Crippen LogP contribution in [0.25, 0.3) is 0 Å². The van der Waals surface area contributed by atoms with Crippen LogP contribution in [0.3, 0.4) is 0 Å². The Bertz CT molecular complexity index is 523. The monoisotopic (exact) mass is 335 g/mol. The molecule has 6 heteroatoms. The van der Waals surface area contributed by atoms with Gasteiger partial charge < -0.3 is 5.32 Å². The molecule has 0 atom stereocenters. The van der Waals surface area contributed by atoms with E-state index in [9.17, 15) is 13.2 Å². The number of hydrogen-bond acceptors (Lipinski definition) is 2. The van der Waals surface area contributed by atoms with Gasteiger partial charge in [-0.3, -0.25) is 0 Å². The molecule has 1 heterocycles. The number of hydrogen-bond donors (Lipinski definition) is 1. The van der Waals surface area contributed by atoms with Gasteiger partial charge >= 0.3 is 6.18 Å². The smallest absolute Gasteiger partial charge is 0.379 e. The first-order valence-electron chi connectivity index (χ1n) is 5.10. The Morgan fingerprint density at radius 2 is 2.00 bits per heavy atom. The van der Waals surface area contributed by atoms with E-state index in [1.165, 1.54) is 6.07 Å². The molecule has 1 aromatic heterocycles. The van der Waals surface area contributed by atoms with Crippen LogP contribution in [-0.2, 0) is 12.7 Å². The summed E-state index contributed by atoms with van der Waals surface area (Å²) in [7, 11) is 0. The summed E-state index contributed by atoms with van der Waals surface area (Å²) in [5.74, 6) is 0. The fourth-order valence-electron chi connectivity index (χ4n) is 1.43. The van der Waals surface area contributed by atoms with Crippen LogP contribution in [0, 0.1) is 0 Å². The topological polar surface area (TPSA) is 12.0 Å². The molecule has 0 aliphatic rings. The molecule has 0 amide bonds. The minimum absolute atomic E-state index is 0.443. The third-order valence-corrected chi connectivity index (χ3v) is 3.89. The molecule has 2 rings (SSSR count). The lowest BCUT2D eigenvalue weighted by molar-refractivity contribution is -0.137. The molecule has 0 saturated heterocycles. The molecule has 0 fully saturated rings. The van der Waals surface area contributed by atoms with Gasteiger partial charge in [-0.25, -0.2) is 0 Å². The second-order valence-corrected chi connectivity index (χ2v) is 5.51. The molecule has 1 aromatic carbocycles. The molecule has 1 N–H and O–H groups in total. The zero-order valence-corrected chi connectivity index (χ0v) is 11.5. The minimum atomic E-state index is -4.32. The van der Waals surface area contributed by atoms with Crippen molar-refractivity contribution in [3.8, 4) is 0 Å². The quantitative estimate of drug-likeness (QED) is 0.818. The number of nitrogens with one attached hydrogen (secondary N) is 1. The molecule has 2 aromatic rings. The van der Waals surface area contributed by atoms with Crippen molar-refractivity contribution in [2.75, 3.05) is 5.32 Å². The van der Waals surface area contributed by atoms with Crippen LogP contribution in [0.1, 0.15) is 10.4 Å². The molecule has 0 bridgehead atoms. The number of thiophene rings is 1. The lowest BCUT2D eigenvalue weighted by Gasteiger charge is -2.12. The molecular formula is C12H9BrF3NS. The maximum absolute atomic E-state index is 12.6. The molecule has 96 valence electrons. The van der Waals surface area contributed by atoms with E-state index in [1.54, 1.807) is 11.3 Å². The van der Waals surface area contributed by atoms with Crippen molar-refractivity contribution in [3.63, 3.8) is 0 Å². The summed E-state index contributed by atoms with van der Waals surface area (Å²) in [6, 6.07) is 7.40. The average Bonchev–Trinajstić information content (AvgIpc) is 2.79. The van der Waals surface area contributed by atoms with Crippen molar-refractivity contribution in [3.05, 3.63) is 50.6 Å². The first-order valence-corrected chi connectivity index (χ1v) is 6.77. The molecule has 0 unspecified atom stereocenters. The molecule has 0 saturated carbocycles. The van der Waals surface area contributed by atoms with E-state index in [2.05, 4.69) is 21.2 Å². The van der Waals surface area contributed by atoms with Crippen LogP contribution in [0.2, 0.25) is 0 Å². The van der Waals surface area contributed by atoms with Crippen molar-refractivity contribution in [1.82, 2.24) is 0 Å². The number of halogens is 4. The Balaban J connectivity index is 2.16. The standard InChI is InChI=1S/C12H9BrF3NS/c13-10-4-3-8(12(14,15)16)6-11(10)17-7-9-2-1-5-18-9/h1-6,17H,7H2. The molecule has 0 radical (unpaired) electrons. The Kier molecular flexibility index (Phi) is 3.97. The number of anilines is 1. The van der Waals surface area contributed by atoms with Crippen molar-refractivity contribution >= 4 is 33.0 Å². The fourth-order valence-corrected chi connectivity index (χ4v) is 2.46. The van der Waals surface area contributed by atoms with Crippen LogP contribution in [0.5, 0.6) is 0 Å². The highest BCUT2D eigenvalue weighted by Crippen LogP contribution is 2.34. The average molecular weight is 336 g/mol. The van der Waals surface area contributed by atoms with Gasteiger partial charge in [0.15, 0.2) is 0 Å². The zero-order chi connectivity index (χ0) is 13.2. The summed E-state index contributed by atoms with van der Waals surface area (Å²) in [6.07, 6.45) is -4.32. The predicted octanol–water partition coefficient (Wildman–Crippen LogP) is 5.14. The van der Waals surface area contributed by atoms with Crippen molar-refractivity contribution in [2.45, 2.75) is 12.7 Å². The van der Waals surface area contributed by atoms with Crippen LogP contribution in [0.15, 0.2) is 40.2 Å². The number of alkyl halides is 3. The summed E-state index contributed by atoms with van der Waals surface area (Å²) in [5.41, 5.74) is -0.211. The first-order chi connectivity index (χ1) is 8.47. The van der Waals surface area contributed by atoms with Gasteiger partial charge in [0, 0.05) is 21.6 Å². The summed E-state index contributed by atoms with van der Waals surface area (Å²) < 4.78 is 38.3. The first kappa shape index (κ1) is 13.4. The molecular weight excluding hydrogens is 327 g/mol. The predicted molar refractivity (Wildman–Crippen MR) is 70.8 cm³/mol. The van der Waals surface area contributed by atoms with Crippen molar-refractivity contribution in [2.24, 2.45) is 0 Å². The molecule has 18 heavy (non-hydrogen) atoms. The SMILES string of the molecule is FC(F)(F)c1ccc(Br)c(NCc2cccs2)c1. The number of rotatable bonds is 3. The summed E-state index contributed by atoms with van der Waals surface area (Å²) >= 11 is 4.79. The Hall–Kier alpha value is -1.01. The lowest BCUT2D eigenvalue weighted by Crippen LogP contribution is -2.06. The third-order valence-electron chi connectivity index (χ3n) is 2.33. The Morgan fingerprint density at radius 1 is 1.22 bits per heavy atom. The van der Waals surface area contributed by atoms with Gasteiger partial charge in [-0.1, -0.05) is 6.07 Å². The fraction of sp³-hybridized carbons (Fsp3) is 0.167. The second-order valence-electron chi connectivity index (χ2n) is 3.63. The van der Waals surface area contributed by atoms with Gasteiger partial charge in [0.05, 0.1) is 5.56 Å². The van der Waals surface area contributed by atoms with Crippen molar-refractivity contribution < 1.29 is 13.2 Å². The van der Waals surface area contributed by atoms with Crippen LogP contribution in [-0.4, -0.2) is 0 Å². The molecule has 0 aliphatic carbocycles. The summed E-state index contributed by atoms with van der Waals surface area (Å²) in [5, 5.41) is 4.92. The van der Waals surface area contributed by atoms with E-state index in [1.807, 2.05) is 17.5 Å². The van der Waals surface area contributed by atoms with Gasteiger partial charge in [0.1, 0.15) is 0 Å². The second kappa shape index (κ2) is 5.32. The lowest BCUT2D eigenvalue weighted by atomic mass is 10.2. The van der Waals surface area contributed by atoms with Crippen LogP contribution in [0.4, 0.5) is 18.9 Å². The molecule has 0 spiro atoms. The number of benzene rings is 1. The van der Waals surface area contributed by atoms with E-state index in [0.717, 1.165) is 17.0 Å². The van der Waals surface area contributed by atoms with Gasteiger partial charge in [0.2, 0.25) is 0 Å².